The molecule has 2 aromatic carbocycles. The zero-order valence-corrected chi connectivity index (χ0v) is 14.3. The van der Waals surface area contributed by atoms with Gasteiger partial charge in [0.1, 0.15) is 0 Å². The molecule has 0 bridgehead atoms. The van der Waals surface area contributed by atoms with Gasteiger partial charge < -0.3 is 9.88 Å². The summed E-state index contributed by atoms with van der Waals surface area (Å²) in [6.07, 6.45) is 2.07. The predicted molar refractivity (Wildman–Crippen MR) is 97.5 cm³/mol. The van der Waals surface area contributed by atoms with Crippen LogP contribution in [0.1, 0.15) is 16.8 Å². The van der Waals surface area contributed by atoms with Crippen molar-refractivity contribution in [1.29, 1.82) is 0 Å². The van der Waals surface area contributed by atoms with Crippen molar-refractivity contribution in [3.8, 4) is 0 Å². The van der Waals surface area contributed by atoms with E-state index in [9.17, 15) is 0 Å². The molecular weight excluding hydrogens is 327 g/mol. The number of nitrogens with one attached hydrogen (secondary N) is 1. The van der Waals surface area contributed by atoms with Crippen LogP contribution < -0.4 is 5.32 Å². The second-order valence-corrected chi connectivity index (χ2v) is 6.91. The molecule has 2 nitrogen and oxygen atoms in total. The number of hydrogen-bond donors (Lipinski definition) is 1. The molecule has 4 heteroatoms. The number of halogens is 2. The lowest BCUT2D eigenvalue weighted by molar-refractivity contribution is 0.594. The molecule has 1 N–H and O–H groups in total. The summed E-state index contributed by atoms with van der Waals surface area (Å²) in [6.45, 7) is 2.95. The van der Waals surface area contributed by atoms with Crippen LogP contribution in [0.2, 0.25) is 10.0 Å². The van der Waals surface area contributed by atoms with Crippen molar-refractivity contribution in [1.82, 2.24) is 9.88 Å². The first-order valence-electron chi connectivity index (χ1n) is 7.97. The standard InChI is InChI=1S/C19H18Cl2N2/c20-14-3-1-13(2-4-14)8-10-23-18-7-9-22-12-17(18)16-6-5-15(21)11-19(16)23/h1-6,11,22H,7-10,12H2. The third kappa shape index (κ3) is 2.87. The molecule has 0 fully saturated rings. The molecule has 1 aromatic heterocycles. The van der Waals surface area contributed by atoms with Gasteiger partial charge in [0.05, 0.1) is 5.52 Å². The van der Waals surface area contributed by atoms with Gasteiger partial charge in [-0.2, -0.15) is 0 Å². The summed E-state index contributed by atoms with van der Waals surface area (Å²) in [7, 11) is 0. The highest BCUT2D eigenvalue weighted by Crippen LogP contribution is 2.31. The van der Waals surface area contributed by atoms with E-state index in [2.05, 4.69) is 34.1 Å². The van der Waals surface area contributed by atoms with Crippen molar-refractivity contribution in [2.24, 2.45) is 0 Å². The number of fused-ring (bicyclic) bond motifs is 3. The van der Waals surface area contributed by atoms with Gasteiger partial charge in [-0.15, -0.1) is 0 Å². The lowest BCUT2D eigenvalue weighted by Gasteiger charge is -2.17. The second kappa shape index (κ2) is 6.20. The molecule has 4 rings (SSSR count). The van der Waals surface area contributed by atoms with Crippen LogP contribution in [0.4, 0.5) is 0 Å². The molecule has 3 aromatic rings. The molecule has 0 aliphatic carbocycles. The van der Waals surface area contributed by atoms with Gasteiger partial charge in [-0.05, 0) is 41.8 Å². The largest absolute Gasteiger partial charge is 0.344 e. The van der Waals surface area contributed by atoms with Gasteiger partial charge in [-0.3, -0.25) is 0 Å². The number of aryl methyl sites for hydroxylation is 2. The van der Waals surface area contributed by atoms with Gasteiger partial charge in [-0.1, -0.05) is 41.4 Å². The number of rotatable bonds is 3. The molecule has 0 atom stereocenters. The van der Waals surface area contributed by atoms with Crippen molar-refractivity contribution in [3.63, 3.8) is 0 Å². The van der Waals surface area contributed by atoms with Crippen LogP contribution in [-0.4, -0.2) is 11.1 Å². The minimum Gasteiger partial charge on any atom is -0.344 e. The third-order valence-corrected chi connectivity index (χ3v) is 5.11. The van der Waals surface area contributed by atoms with Crippen molar-refractivity contribution in [3.05, 3.63) is 69.3 Å². The average molecular weight is 345 g/mol. The number of benzene rings is 2. The Hall–Kier alpha value is -1.48. The zero-order chi connectivity index (χ0) is 15.8. The van der Waals surface area contributed by atoms with E-state index in [1.54, 1.807) is 0 Å². The Morgan fingerprint density at radius 3 is 2.61 bits per heavy atom. The zero-order valence-electron chi connectivity index (χ0n) is 12.8. The molecule has 0 saturated carbocycles. The maximum Gasteiger partial charge on any atom is 0.0500 e. The van der Waals surface area contributed by atoms with E-state index < -0.39 is 0 Å². The Morgan fingerprint density at radius 1 is 1.00 bits per heavy atom. The average Bonchev–Trinajstić information content (AvgIpc) is 2.87. The molecule has 1 aliphatic rings. The summed E-state index contributed by atoms with van der Waals surface area (Å²) in [5.41, 5.74) is 5.44. The van der Waals surface area contributed by atoms with Crippen LogP contribution in [-0.2, 0) is 25.9 Å². The monoisotopic (exact) mass is 344 g/mol. The normalized spacial score (nSPS) is 14.2. The molecule has 1 aliphatic heterocycles. The fraction of sp³-hybridized carbons (Fsp3) is 0.263. The Bertz CT molecular complexity index is 850. The number of hydrogen-bond acceptors (Lipinski definition) is 1. The molecule has 2 heterocycles. The Balaban J connectivity index is 1.73. The fourth-order valence-corrected chi connectivity index (χ4v) is 3.79. The van der Waals surface area contributed by atoms with Crippen LogP contribution in [0.3, 0.4) is 0 Å². The number of aromatic nitrogens is 1. The van der Waals surface area contributed by atoms with Gasteiger partial charge >= 0.3 is 0 Å². The minimum absolute atomic E-state index is 0.787. The molecule has 0 unspecified atom stereocenters. The molecule has 0 saturated heterocycles. The van der Waals surface area contributed by atoms with Crippen LogP contribution in [0.25, 0.3) is 10.9 Å². The van der Waals surface area contributed by atoms with Gasteiger partial charge in [0, 0.05) is 47.2 Å². The minimum atomic E-state index is 0.787. The maximum atomic E-state index is 6.25. The van der Waals surface area contributed by atoms with Crippen molar-refractivity contribution in [2.75, 3.05) is 6.54 Å². The summed E-state index contributed by atoms with van der Waals surface area (Å²) >= 11 is 12.2. The molecular formula is C19H18Cl2N2. The van der Waals surface area contributed by atoms with Gasteiger partial charge in [0.15, 0.2) is 0 Å². The lowest BCUT2D eigenvalue weighted by Crippen LogP contribution is -2.24. The van der Waals surface area contributed by atoms with E-state index in [4.69, 9.17) is 23.2 Å². The Kier molecular flexibility index (Phi) is 4.06. The van der Waals surface area contributed by atoms with E-state index in [-0.39, 0.29) is 0 Å². The lowest BCUT2D eigenvalue weighted by atomic mass is 10.1. The first-order chi connectivity index (χ1) is 11.2. The van der Waals surface area contributed by atoms with Crippen LogP contribution in [0, 0.1) is 0 Å². The molecule has 0 spiro atoms. The number of nitrogens with zero attached hydrogens (tertiary/aromatic N) is 1. The van der Waals surface area contributed by atoms with E-state index in [1.165, 1.54) is 27.7 Å². The highest BCUT2D eigenvalue weighted by Gasteiger charge is 2.19. The predicted octanol–water partition coefficient (Wildman–Crippen LogP) is 4.84. The fourth-order valence-electron chi connectivity index (χ4n) is 3.50. The Labute approximate surface area is 146 Å². The molecule has 23 heavy (non-hydrogen) atoms. The smallest absolute Gasteiger partial charge is 0.0500 e. The quantitative estimate of drug-likeness (QED) is 0.719. The summed E-state index contributed by atoms with van der Waals surface area (Å²) < 4.78 is 2.45. The summed E-state index contributed by atoms with van der Waals surface area (Å²) in [5.74, 6) is 0. The molecule has 0 amide bonds. The van der Waals surface area contributed by atoms with Crippen LogP contribution >= 0.6 is 23.2 Å². The highest BCUT2D eigenvalue weighted by atomic mass is 35.5. The van der Waals surface area contributed by atoms with Gasteiger partial charge in [0.25, 0.3) is 0 Å². The second-order valence-electron chi connectivity index (χ2n) is 6.04. The van der Waals surface area contributed by atoms with E-state index in [1.807, 2.05) is 18.2 Å². The van der Waals surface area contributed by atoms with E-state index in [0.717, 1.165) is 42.5 Å². The summed E-state index contributed by atoms with van der Waals surface area (Å²) in [4.78, 5) is 0. The SMILES string of the molecule is Clc1ccc(CCn2c3c(c4ccc(Cl)cc42)CNCC3)cc1. The van der Waals surface area contributed by atoms with Gasteiger partial charge in [0.2, 0.25) is 0 Å². The van der Waals surface area contributed by atoms with Crippen LogP contribution in [0.15, 0.2) is 42.5 Å². The van der Waals surface area contributed by atoms with Crippen molar-refractivity contribution >= 4 is 34.1 Å². The van der Waals surface area contributed by atoms with Gasteiger partial charge in [-0.25, -0.2) is 0 Å². The first-order valence-corrected chi connectivity index (χ1v) is 8.72. The Morgan fingerprint density at radius 2 is 1.78 bits per heavy atom. The summed E-state index contributed by atoms with van der Waals surface area (Å²) in [6, 6.07) is 14.4. The highest BCUT2D eigenvalue weighted by molar-refractivity contribution is 6.31. The maximum absolute atomic E-state index is 6.25. The molecule has 0 radical (unpaired) electrons. The van der Waals surface area contributed by atoms with E-state index >= 15 is 0 Å². The van der Waals surface area contributed by atoms with E-state index in [0.29, 0.717) is 0 Å². The summed E-state index contributed by atoms with van der Waals surface area (Å²) in [5, 5.41) is 6.39. The van der Waals surface area contributed by atoms with Crippen LogP contribution in [0.5, 0.6) is 0 Å². The third-order valence-electron chi connectivity index (χ3n) is 4.63. The first kappa shape index (κ1) is 15.1. The molecule has 118 valence electrons. The topological polar surface area (TPSA) is 17.0 Å². The van der Waals surface area contributed by atoms with Crippen molar-refractivity contribution < 1.29 is 0 Å². The van der Waals surface area contributed by atoms with Crippen molar-refractivity contribution in [2.45, 2.75) is 25.9 Å².